The van der Waals surface area contributed by atoms with E-state index in [2.05, 4.69) is 10.6 Å². The molecule has 0 aliphatic carbocycles. The molecule has 0 aliphatic rings. The van der Waals surface area contributed by atoms with Gasteiger partial charge in [-0.1, -0.05) is 36.4 Å². The van der Waals surface area contributed by atoms with Gasteiger partial charge in [-0.25, -0.2) is 4.98 Å². The van der Waals surface area contributed by atoms with E-state index in [0.717, 1.165) is 27.5 Å². The Hall–Kier alpha value is -3.97. The highest BCUT2D eigenvalue weighted by molar-refractivity contribution is 6.09. The van der Waals surface area contributed by atoms with Crippen molar-refractivity contribution in [1.82, 2.24) is 4.98 Å². The molecule has 0 fully saturated rings. The molecule has 1 heterocycles. The lowest BCUT2D eigenvalue weighted by molar-refractivity contribution is -0.142. The quantitative estimate of drug-likeness (QED) is 0.283. The molecule has 3 N–H and O–H groups in total. The Morgan fingerprint density at radius 3 is 2.15 bits per heavy atom. The van der Waals surface area contributed by atoms with Gasteiger partial charge in [-0.15, -0.1) is 0 Å². The molecule has 0 spiro atoms. The minimum absolute atomic E-state index is 0.0432. The van der Waals surface area contributed by atoms with Gasteiger partial charge in [0.25, 0.3) is 0 Å². The van der Waals surface area contributed by atoms with Gasteiger partial charge in [0.1, 0.15) is 0 Å². The highest BCUT2D eigenvalue weighted by atomic mass is 16.5. The molecule has 0 bridgehead atoms. The maximum atomic E-state index is 12.4. The number of ether oxygens (including phenoxy) is 1. The van der Waals surface area contributed by atoms with Gasteiger partial charge in [0.2, 0.25) is 5.91 Å². The van der Waals surface area contributed by atoms with Crippen LogP contribution in [-0.4, -0.2) is 28.6 Å². The van der Waals surface area contributed by atoms with Crippen LogP contribution in [0.5, 0.6) is 0 Å². The van der Waals surface area contributed by atoms with Gasteiger partial charge < -0.3 is 20.5 Å². The molecule has 168 valence electrons. The zero-order valence-electron chi connectivity index (χ0n) is 18.5. The molecule has 0 saturated carbocycles. The van der Waals surface area contributed by atoms with Crippen LogP contribution in [0, 0.1) is 0 Å². The zero-order chi connectivity index (χ0) is 23.4. The van der Waals surface area contributed by atoms with Gasteiger partial charge in [0.05, 0.1) is 36.4 Å². The number of nitrogens with zero attached hydrogens (tertiary/aromatic N) is 1. The lowest BCUT2D eigenvalue weighted by Gasteiger charge is -2.20. The number of anilines is 3. The summed E-state index contributed by atoms with van der Waals surface area (Å²) in [5, 5.41) is 17.9. The van der Waals surface area contributed by atoms with Gasteiger partial charge >= 0.3 is 5.97 Å². The van der Waals surface area contributed by atoms with Crippen molar-refractivity contribution in [2.75, 3.05) is 17.2 Å². The third-order valence-corrected chi connectivity index (χ3v) is 5.28. The number of hydrogen-bond acceptors (Lipinski definition) is 6. The van der Waals surface area contributed by atoms with Crippen molar-refractivity contribution in [2.45, 2.75) is 26.9 Å². The number of amides is 1. The number of fused-ring (bicyclic) bond motifs is 2. The molecular formula is C26H25N3O4. The van der Waals surface area contributed by atoms with E-state index in [-0.39, 0.29) is 25.5 Å². The number of nitrogens with one attached hydrogen (secondary N) is 2. The number of aromatic nitrogens is 1. The smallest absolute Gasteiger partial charge is 0.310 e. The molecule has 4 rings (SSSR count). The molecule has 3 aromatic carbocycles. The Balaban J connectivity index is 1.93. The normalized spacial score (nSPS) is 10.9. The van der Waals surface area contributed by atoms with Crippen molar-refractivity contribution in [2.24, 2.45) is 0 Å². The second-order valence-corrected chi connectivity index (χ2v) is 7.64. The van der Waals surface area contributed by atoms with E-state index < -0.39 is 5.97 Å². The van der Waals surface area contributed by atoms with Crippen LogP contribution < -0.4 is 10.6 Å². The predicted octanol–water partition coefficient (Wildman–Crippen LogP) is 4.69. The Morgan fingerprint density at radius 1 is 0.970 bits per heavy atom. The number of rotatable bonds is 7. The number of pyridine rings is 1. The first-order valence-electron chi connectivity index (χ1n) is 10.7. The second-order valence-electron chi connectivity index (χ2n) is 7.64. The summed E-state index contributed by atoms with van der Waals surface area (Å²) >= 11 is 0. The molecule has 1 amide bonds. The van der Waals surface area contributed by atoms with Crippen LogP contribution in [-0.2, 0) is 27.4 Å². The lowest BCUT2D eigenvalue weighted by atomic mass is 10.0. The van der Waals surface area contributed by atoms with E-state index >= 15 is 0 Å². The highest BCUT2D eigenvalue weighted by Crippen LogP contribution is 2.36. The molecule has 4 aromatic rings. The summed E-state index contributed by atoms with van der Waals surface area (Å²) in [6, 6.07) is 19.0. The first-order chi connectivity index (χ1) is 16.0. The fourth-order valence-electron chi connectivity index (χ4n) is 3.89. The van der Waals surface area contributed by atoms with Crippen LogP contribution in [0.2, 0.25) is 0 Å². The summed E-state index contributed by atoms with van der Waals surface area (Å²) in [5.74, 6) is -0.686. The SMILES string of the molecule is CCOC(=O)Cc1c(NC(C)=O)cc(CO)cc1Nc1c2ccccc2nc2ccccc12. The van der Waals surface area contributed by atoms with Crippen LogP contribution in [0.1, 0.15) is 25.0 Å². The summed E-state index contributed by atoms with van der Waals surface area (Å²) in [6.45, 7) is 3.18. The molecule has 33 heavy (non-hydrogen) atoms. The van der Waals surface area contributed by atoms with E-state index in [1.54, 1.807) is 19.1 Å². The van der Waals surface area contributed by atoms with E-state index in [1.165, 1.54) is 6.92 Å². The van der Waals surface area contributed by atoms with Crippen LogP contribution in [0.4, 0.5) is 17.1 Å². The molecular weight excluding hydrogens is 418 g/mol. The summed E-state index contributed by atoms with van der Waals surface area (Å²) in [5.41, 5.74) is 4.69. The average molecular weight is 444 g/mol. The highest BCUT2D eigenvalue weighted by Gasteiger charge is 2.18. The summed E-state index contributed by atoms with van der Waals surface area (Å²) in [4.78, 5) is 29.0. The van der Waals surface area contributed by atoms with E-state index in [1.807, 2.05) is 48.5 Å². The zero-order valence-corrected chi connectivity index (χ0v) is 18.5. The third-order valence-electron chi connectivity index (χ3n) is 5.28. The fourth-order valence-corrected chi connectivity index (χ4v) is 3.89. The number of carbonyl (C=O) groups excluding carboxylic acids is 2. The van der Waals surface area contributed by atoms with Crippen molar-refractivity contribution in [3.8, 4) is 0 Å². The molecule has 0 saturated heterocycles. The van der Waals surface area contributed by atoms with Crippen LogP contribution in [0.15, 0.2) is 60.7 Å². The Morgan fingerprint density at radius 2 is 1.58 bits per heavy atom. The van der Waals surface area contributed by atoms with Gasteiger partial charge in [-0.05, 0) is 36.8 Å². The maximum Gasteiger partial charge on any atom is 0.310 e. The standard InChI is InChI=1S/C26H25N3O4/c1-3-33-25(32)14-20-23(27-16(2)31)12-17(15-30)13-24(20)29-26-18-8-4-6-10-21(18)28-22-11-7-5-9-19(22)26/h4-13,30H,3,14-15H2,1-2H3,(H,27,31)(H,28,29). The largest absolute Gasteiger partial charge is 0.466 e. The van der Waals surface area contributed by atoms with Crippen molar-refractivity contribution >= 4 is 50.7 Å². The summed E-state index contributed by atoms with van der Waals surface area (Å²) < 4.78 is 5.17. The van der Waals surface area contributed by atoms with Crippen LogP contribution in [0.3, 0.4) is 0 Å². The second kappa shape index (κ2) is 9.67. The first-order valence-corrected chi connectivity index (χ1v) is 10.7. The molecule has 7 nitrogen and oxygen atoms in total. The van der Waals surface area contributed by atoms with Crippen molar-refractivity contribution in [3.05, 3.63) is 71.8 Å². The number of hydrogen-bond donors (Lipinski definition) is 3. The van der Waals surface area contributed by atoms with E-state index in [9.17, 15) is 14.7 Å². The van der Waals surface area contributed by atoms with E-state index in [4.69, 9.17) is 9.72 Å². The number of esters is 1. The monoisotopic (exact) mass is 443 g/mol. The lowest BCUT2D eigenvalue weighted by Crippen LogP contribution is -2.15. The van der Waals surface area contributed by atoms with Gasteiger partial charge in [0, 0.05) is 34.6 Å². The van der Waals surface area contributed by atoms with Crippen LogP contribution >= 0.6 is 0 Å². The minimum Gasteiger partial charge on any atom is -0.466 e. The number of aliphatic hydroxyl groups excluding tert-OH is 1. The van der Waals surface area contributed by atoms with Crippen molar-refractivity contribution in [1.29, 1.82) is 0 Å². The van der Waals surface area contributed by atoms with Crippen molar-refractivity contribution in [3.63, 3.8) is 0 Å². The molecule has 0 atom stereocenters. The Bertz CT molecular complexity index is 1300. The molecule has 0 radical (unpaired) electrons. The van der Waals surface area contributed by atoms with Crippen LogP contribution in [0.25, 0.3) is 21.8 Å². The minimum atomic E-state index is -0.409. The third kappa shape index (κ3) is 4.78. The maximum absolute atomic E-state index is 12.4. The summed E-state index contributed by atoms with van der Waals surface area (Å²) in [6.07, 6.45) is -0.0432. The number of para-hydroxylation sites is 2. The molecule has 7 heteroatoms. The number of benzene rings is 3. The average Bonchev–Trinajstić information content (AvgIpc) is 2.80. The van der Waals surface area contributed by atoms with Gasteiger partial charge in [-0.3, -0.25) is 9.59 Å². The Labute approximate surface area is 191 Å². The molecule has 0 unspecified atom stereocenters. The molecule has 0 aliphatic heterocycles. The van der Waals surface area contributed by atoms with Gasteiger partial charge in [0.15, 0.2) is 0 Å². The number of aliphatic hydroxyl groups is 1. The topological polar surface area (TPSA) is 101 Å². The first kappa shape index (κ1) is 22.2. The predicted molar refractivity (Wildman–Crippen MR) is 130 cm³/mol. The molecule has 1 aromatic heterocycles. The van der Waals surface area contributed by atoms with Crippen molar-refractivity contribution < 1.29 is 19.4 Å². The van der Waals surface area contributed by atoms with E-state index in [0.29, 0.717) is 22.5 Å². The number of carbonyl (C=O) groups is 2. The fraction of sp³-hybridized carbons (Fsp3) is 0.192. The van der Waals surface area contributed by atoms with Gasteiger partial charge in [-0.2, -0.15) is 0 Å². The Kier molecular flexibility index (Phi) is 6.51. The summed E-state index contributed by atoms with van der Waals surface area (Å²) in [7, 11) is 0.